The normalized spacial score (nSPS) is 19.8. The van der Waals surface area contributed by atoms with Gasteiger partial charge >= 0.3 is 0 Å². The van der Waals surface area contributed by atoms with Crippen LogP contribution in [0.4, 0.5) is 11.5 Å². The van der Waals surface area contributed by atoms with E-state index in [0.29, 0.717) is 0 Å². The van der Waals surface area contributed by atoms with Gasteiger partial charge in [-0.3, -0.25) is 0 Å². The molecule has 1 spiro atoms. The summed E-state index contributed by atoms with van der Waals surface area (Å²) < 4.78 is 0. The fraction of sp³-hybridized carbons (Fsp3) is 0.368. The molecule has 1 aliphatic carbocycles. The molecule has 2 aromatic rings. The van der Waals surface area contributed by atoms with Gasteiger partial charge in [-0.05, 0) is 37.5 Å². The van der Waals surface area contributed by atoms with Crippen LogP contribution in [0.3, 0.4) is 0 Å². The van der Waals surface area contributed by atoms with Gasteiger partial charge in [0.15, 0.2) is 0 Å². The molecule has 2 heterocycles. The Kier molecular flexibility index (Phi) is 2.99. The predicted molar refractivity (Wildman–Crippen MR) is 86.6 cm³/mol. The van der Waals surface area contributed by atoms with Crippen LogP contribution in [0.15, 0.2) is 42.6 Å². The quantitative estimate of drug-likeness (QED) is 0.736. The molecule has 2 nitrogen and oxygen atoms in total. The van der Waals surface area contributed by atoms with Gasteiger partial charge in [-0.2, -0.15) is 0 Å². The Morgan fingerprint density at radius 2 is 1.81 bits per heavy atom. The van der Waals surface area contributed by atoms with E-state index >= 15 is 0 Å². The van der Waals surface area contributed by atoms with E-state index in [2.05, 4.69) is 54.8 Å². The van der Waals surface area contributed by atoms with Gasteiger partial charge in [0.2, 0.25) is 0 Å². The number of nitrogens with zero attached hydrogens (tertiary/aromatic N) is 2. The summed E-state index contributed by atoms with van der Waals surface area (Å²) in [5.74, 6) is 1.13. The van der Waals surface area contributed by atoms with Gasteiger partial charge < -0.3 is 4.90 Å². The van der Waals surface area contributed by atoms with Crippen LogP contribution in [0, 0.1) is 13.5 Å². The Morgan fingerprint density at radius 1 is 1.00 bits per heavy atom. The largest absolute Gasteiger partial charge is 0.320 e. The molecule has 1 aliphatic heterocycles. The molecule has 1 saturated carbocycles. The van der Waals surface area contributed by atoms with Crippen LogP contribution in [0.25, 0.3) is 0 Å². The van der Waals surface area contributed by atoms with Crippen LogP contribution in [0.2, 0.25) is 0 Å². The number of pyridine rings is 1. The summed E-state index contributed by atoms with van der Waals surface area (Å²) >= 11 is 0. The molecule has 0 atom stereocenters. The molecular weight excluding hydrogens is 256 g/mol. The third kappa shape index (κ3) is 1.97. The van der Waals surface area contributed by atoms with Crippen molar-refractivity contribution < 1.29 is 0 Å². The van der Waals surface area contributed by atoms with E-state index in [1.165, 1.54) is 48.9 Å². The lowest BCUT2D eigenvalue weighted by Crippen LogP contribution is -2.29. The zero-order chi connectivity index (χ0) is 14.3. The Balaban J connectivity index is 1.83. The van der Waals surface area contributed by atoms with Crippen LogP contribution >= 0.6 is 0 Å². The average molecular weight is 277 g/mol. The van der Waals surface area contributed by atoms with Crippen molar-refractivity contribution in [3.63, 3.8) is 0 Å². The average Bonchev–Trinajstić information content (AvgIpc) is 2.84. The van der Waals surface area contributed by atoms with Crippen LogP contribution in [-0.2, 0) is 5.41 Å². The Labute approximate surface area is 126 Å². The first-order valence-corrected chi connectivity index (χ1v) is 7.97. The molecule has 1 fully saturated rings. The third-order valence-electron chi connectivity index (χ3n) is 5.05. The van der Waals surface area contributed by atoms with Gasteiger partial charge in [0.1, 0.15) is 5.82 Å². The zero-order valence-corrected chi connectivity index (χ0v) is 12.5. The number of aryl methyl sites for hydroxylation is 1. The van der Waals surface area contributed by atoms with E-state index in [-0.39, 0.29) is 5.41 Å². The number of hydrogen-bond donors (Lipinski definition) is 0. The number of benzene rings is 1. The van der Waals surface area contributed by atoms with Gasteiger partial charge in [-0.15, -0.1) is 0 Å². The standard InChI is InChI=1S/C19H21N2/c1-15-8-3-4-10-17(15)21-14-19(11-5-2-6-12-19)16-9-7-13-20-18(16)21/h3-4,7-10,13-14H,2,5-6,11-12H2,1H3. The zero-order valence-electron chi connectivity index (χ0n) is 12.5. The molecule has 1 aromatic carbocycles. The van der Waals surface area contributed by atoms with Crippen molar-refractivity contribution in [3.05, 3.63) is 60.3 Å². The molecule has 1 radical (unpaired) electrons. The fourth-order valence-corrected chi connectivity index (χ4v) is 3.95. The van der Waals surface area contributed by atoms with Crippen LogP contribution in [-0.4, -0.2) is 4.98 Å². The lowest BCUT2D eigenvalue weighted by Gasteiger charge is -2.33. The minimum atomic E-state index is 0.212. The number of rotatable bonds is 1. The summed E-state index contributed by atoms with van der Waals surface area (Å²) in [6, 6.07) is 13.0. The summed E-state index contributed by atoms with van der Waals surface area (Å²) in [6.45, 7) is 4.63. The van der Waals surface area contributed by atoms with E-state index in [4.69, 9.17) is 4.98 Å². The molecule has 4 rings (SSSR count). The van der Waals surface area contributed by atoms with E-state index in [1.54, 1.807) is 0 Å². The van der Waals surface area contributed by atoms with Gasteiger partial charge in [0.25, 0.3) is 0 Å². The maximum Gasteiger partial charge on any atom is 0.137 e. The molecule has 21 heavy (non-hydrogen) atoms. The summed E-state index contributed by atoms with van der Waals surface area (Å²) in [5, 5.41) is 0. The molecule has 0 bridgehead atoms. The highest BCUT2D eigenvalue weighted by atomic mass is 15.2. The molecule has 107 valence electrons. The summed E-state index contributed by atoms with van der Waals surface area (Å²) in [7, 11) is 0. The van der Waals surface area contributed by atoms with Gasteiger partial charge in [0, 0.05) is 22.9 Å². The van der Waals surface area contributed by atoms with E-state index in [0.717, 1.165) is 5.82 Å². The second-order valence-electron chi connectivity index (χ2n) is 6.38. The molecule has 0 amide bonds. The molecule has 1 aromatic heterocycles. The highest BCUT2D eigenvalue weighted by molar-refractivity contribution is 5.74. The molecule has 2 aliphatic rings. The van der Waals surface area contributed by atoms with Gasteiger partial charge in [-0.25, -0.2) is 4.98 Å². The SMILES string of the molecule is Cc1ccccc1N1[CH]C2(CCCCC2)c2cccnc21. The fourth-order valence-electron chi connectivity index (χ4n) is 3.95. The first kappa shape index (κ1) is 12.9. The first-order chi connectivity index (χ1) is 10.3. The van der Waals surface area contributed by atoms with Gasteiger partial charge in [0.05, 0.1) is 6.54 Å². The molecule has 0 N–H and O–H groups in total. The van der Waals surface area contributed by atoms with E-state index < -0.39 is 0 Å². The van der Waals surface area contributed by atoms with Crippen LogP contribution in [0.1, 0.15) is 43.2 Å². The Hall–Kier alpha value is -1.83. The smallest absolute Gasteiger partial charge is 0.137 e. The Morgan fingerprint density at radius 3 is 2.62 bits per heavy atom. The van der Waals surface area contributed by atoms with Crippen molar-refractivity contribution in [2.75, 3.05) is 4.90 Å². The number of aromatic nitrogens is 1. The Bertz CT molecular complexity index is 656. The summed E-state index contributed by atoms with van der Waals surface area (Å²) in [4.78, 5) is 7.03. The van der Waals surface area contributed by atoms with E-state index in [1.807, 2.05) is 6.20 Å². The first-order valence-electron chi connectivity index (χ1n) is 7.97. The lowest BCUT2D eigenvalue weighted by molar-refractivity contribution is 0.343. The summed E-state index contributed by atoms with van der Waals surface area (Å²) in [5.41, 5.74) is 4.20. The van der Waals surface area contributed by atoms with Crippen molar-refractivity contribution in [2.24, 2.45) is 0 Å². The molecule has 2 heteroatoms. The van der Waals surface area contributed by atoms with Crippen molar-refractivity contribution >= 4 is 11.5 Å². The molecule has 0 unspecified atom stereocenters. The van der Waals surface area contributed by atoms with Crippen molar-refractivity contribution in [1.29, 1.82) is 0 Å². The monoisotopic (exact) mass is 277 g/mol. The predicted octanol–water partition coefficient (Wildman–Crippen LogP) is 4.91. The highest BCUT2D eigenvalue weighted by Crippen LogP contribution is 2.53. The summed E-state index contributed by atoms with van der Waals surface area (Å²) in [6.07, 6.45) is 8.45. The number of fused-ring (bicyclic) bond motifs is 2. The highest BCUT2D eigenvalue weighted by Gasteiger charge is 2.45. The minimum absolute atomic E-state index is 0.212. The molecule has 0 saturated heterocycles. The van der Waals surface area contributed by atoms with Crippen LogP contribution in [0.5, 0.6) is 0 Å². The maximum absolute atomic E-state index is 4.70. The van der Waals surface area contributed by atoms with Crippen LogP contribution < -0.4 is 4.90 Å². The topological polar surface area (TPSA) is 16.1 Å². The minimum Gasteiger partial charge on any atom is -0.320 e. The second kappa shape index (κ2) is 4.87. The van der Waals surface area contributed by atoms with Crippen molar-refractivity contribution in [2.45, 2.75) is 44.4 Å². The second-order valence-corrected chi connectivity index (χ2v) is 6.38. The molecular formula is C19H21N2. The van der Waals surface area contributed by atoms with Crippen molar-refractivity contribution in [3.8, 4) is 0 Å². The van der Waals surface area contributed by atoms with Gasteiger partial charge in [-0.1, -0.05) is 43.5 Å². The number of para-hydroxylation sites is 1. The lowest BCUT2D eigenvalue weighted by atomic mass is 9.71. The number of anilines is 2. The number of hydrogen-bond acceptors (Lipinski definition) is 2. The van der Waals surface area contributed by atoms with E-state index in [9.17, 15) is 0 Å². The van der Waals surface area contributed by atoms with Crippen molar-refractivity contribution in [1.82, 2.24) is 4.98 Å². The third-order valence-corrected chi connectivity index (χ3v) is 5.05. The maximum atomic E-state index is 4.70.